The van der Waals surface area contributed by atoms with Gasteiger partial charge in [-0.2, -0.15) is 4.98 Å². The summed E-state index contributed by atoms with van der Waals surface area (Å²) in [5, 5.41) is 3.35. The number of ether oxygens (including phenoxy) is 1. The Balaban J connectivity index is 1.69. The van der Waals surface area contributed by atoms with Crippen LogP contribution in [0.15, 0.2) is 24.3 Å². The second-order valence-electron chi connectivity index (χ2n) is 5.83. The van der Waals surface area contributed by atoms with Crippen LogP contribution in [-0.4, -0.2) is 30.2 Å². The number of methoxy groups -OCH3 is 1. The number of hydrogen-bond donors (Lipinski definition) is 1. The molecular formula is C17H20N4O. The van der Waals surface area contributed by atoms with E-state index >= 15 is 0 Å². The lowest BCUT2D eigenvalue weighted by Gasteiger charge is -2.30. The molecular weight excluding hydrogens is 276 g/mol. The second-order valence-corrected chi connectivity index (χ2v) is 5.83. The van der Waals surface area contributed by atoms with Crippen molar-refractivity contribution < 1.29 is 4.74 Å². The van der Waals surface area contributed by atoms with E-state index in [2.05, 4.69) is 39.5 Å². The van der Waals surface area contributed by atoms with Gasteiger partial charge in [0.15, 0.2) is 0 Å². The zero-order valence-corrected chi connectivity index (χ0v) is 12.8. The molecule has 5 heteroatoms. The van der Waals surface area contributed by atoms with E-state index in [1.165, 1.54) is 11.1 Å². The molecule has 22 heavy (non-hydrogen) atoms. The summed E-state index contributed by atoms with van der Waals surface area (Å²) in [4.78, 5) is 11.7. The van der Waals surface area contributed by atoms with Gasteiger partial charge >= 0.3 is 0 Å². The molecule has 2 aliphatic rings. The van der Waals surface area contributed by atoms with Crippen LogP contribution in [0.25, 0.3) is 0 Å². The smallest absolute Gasteiger partial charge is 0.229 e. The number of fused-ring (bicyclic) bond motifs is 2. The van der Waals surface area contributed by atoms with Crippen LogP contribution in [0, 0.1) is 0 Å². The third-order valence-corrected chi connectivity index (χ3v) is 4.49. The summed E-state index contributed by atoms with van der Waals surface area (Å²) in [6, 6.07) is 8.62. The fourth-order valence-corrected chi connectivity index (χ4v) is 3.28. The van der Waals surface area contributed by atoms with E-state index in [0.29, 0.717) is 5.88 Å². The molecule has 1 N–H and O–H groups in total. The van der Waals surface area contributed by atoms with Gasteiger partial charge in [-0.15, -0.1) is 0 Å². The van der Waals surface area contributed by atoms with Gasteiger partial charge in [0.25, 0.3) is 0 Å². The molecule has 0 fully saturated rings. The summed E-state index contributed by atoms with van der Waals surface area (Å²) in [6.45, 7) is 3.59. The monoisotopic (exact) mass is 296 g/mol. The first-order chi connectivity index (χ1) is 10.8. The van der Waals surface area contributed by atoms with E-state index < -0.39 is 0 Å². The lowest BCUT2D eigenvalue weighted by molar-refractivity contribution is 0.385. The topological polar surface area (TPSA) is 50.3 Å². The molecule has 0 saturated carbocycles. The lowest BCUT2D eigenvalue weighted by atomic mass is 10.0. The average Bonchev–Trinajstić information content (AvgIpc) is 2.60. The Kier molecular flexibility index (Phi) is 3.42. The SMILES string of the molecule is COc1nc(N2CCc3ccccc3C2)nc2c1CNCC2. The van der Waals surface area contributed by atoms with Gasteiger partial charge in [-0.3, -0.25) is 0 Å². The van der Waals surface area contributed by atoms with Crippen molar-refractivity contribution in [3.8, 4) is 5.88 Å². The largest absolute Gasteiger partial charge is 0.481 e. The van der Waals surface area contributed by atoms with E-state index in [-0.39, 0.29) is 0 Å². The van der Waals surface area contributed by atoms with Crippen molar-refractivity contribution in [3.63, 3.8) is 0 Å². The maximum atomic E-state index is 5.50. The Hall–Kier alpha value is -2.14. The van der Waals surface area contributed by atoms with Crippen LogP contribution in [0.3, 0.4) is 0 Å². The van der Waals surface area contributed by atoms with E-state index in [1.807, 2.05) is 0 Å². The zero-order chi connectivity index (χ0) is 14.9. The molecule has 5 nitrogen and oxygen atoms in total. The predicted molar refractivity (Wildman–Crippen MR) is 85.2 cm³/mol. The van der Waals surface area contributed by atoms with Gasteiger partial charge in [0.1, 0.15) is 0 Å². The molecule has 0 saturated heterocycles. The van der Waals surface area contributed by atoms with Crippen LogP contribution in [-0.2, 0) is 25.9 Å². The molecule has 0 radical (unpaired) electrons. The van der Waals surface area contributed by atoms with Crippen molar-refractivity contribution in [3.05, 3.63) is 46.6 Å². The van der Waals surface area contributed by atoms with E-state index in [1.54, 1.807) is 7.11 Å². The molecule has 3 heterocycles. The first-order valence-corrected chi connectivity index (χ1v) is 7.81. The molecule has 4 rings (SSSR count). The number of nitrogens with one attached hydrogen (secondary N) is 1. The van der Waals surface area contributed by atoms with Gasteiger partial charge in [0, 0.05) is 38.2 Å². The molecule has 0 aliphatic carbocycles. The maximum absolute atomic E-state index is 5.50. The molecule has 1 aromatic heterocycles. The van der Waals surface area contributed by atoms with Crippen LogP contribution in [0.4, 0.5) is 5.95 Å². The minimum atomic E-state index is 0.714. The van der Waals surface area contributed by atoms with E-state index in [9.17, 15) is 0 Å². The summed E-state index contributed by atoms with van der Waals surface area (Å²) in [6.07, 6.45) is 1.98. The van der Waals surface area contributed by atoms with Crippen molar-refractivity contribution in [2.75, 3.05) is 25.1 Å². The summed E-state index contributed by atoms with van der Waals surface area (Å²) in [7, 11) is 1.69. The Labute approximate surface area is 130 Å². The molecule has 2 aromatic rings. The minimum absolute atomic E-state index is 0.714. The number of nitrogens with zero attached hydrogens (tertiary/aromatic N) is 3. The maximum Gasteiger partial charge on any atom is 0.229 e. The van der Waals surface area contributed by atoms with Crippen molar-refractivity contribution in [2.45, 2.75) is 25.9 Å². The van der Waals surface area contributed by atoms with Crippen LogP contribution < -0.4 is 15.0 Å². The van der Waals surface area contributed by atoms with Gasteiger partial charge < -0.3 is 15.0 Å². The molecule has 0 unspecified atom stereocenters. The van der Waals surface area contributed by atoms with Crippen molar-refractivity contribution in [1.82, 2.24) is 15.3 Å². The number of rotatable bonds is 2. The third kappa shape index (κ3) is 2.31. The van der Waals surface area contributed by atoms with Crippen LogP contribution in [0.1, 0.15) is 22.4 Å². The van der Waals surface area contributed by atoms with Gasteiger partial charge in [-0.25, -0.2) is 4.98 Å². The van der Waals surface area contributed by atoms with Crippen LogP contribution in [0.2, 0.25) is 0 Å². The third-order valence-electron chi connectivity index (χ3n) is 4.49. The summed E-state index contributed by atoms with van der Waals surface area (Å²) < 4.78 is 5.50. The van der Waals surface area contributed by atoms with Gasteiger partial charge in [-0.05, 0) is 17.5 Å². The highest BCUT2D eigenvalue weighted by molar-refractivity contribution is 5.44. The first kappa shape index (κ1) is 13.5. The molecule has 0 atom stereocenters. The van der Waals surface area contributed by atoms with Crippen LogP contribution in [0.5, 0.6) is 5.88 Å². The highest BCUT2D eigenvalue weighted by Gasteiger charge is 2.23. The second kappa shape index (κ2) is 5.57. The van der Waals surface area contributed by atoms with Gasteiger partial charge in [-0.1, -0.05) is 24.3 Å². The fraction of sp³-hybridized carbons (Fsp3) is 0.412. The number of hydrogen-bond acceptors (Lipinski definition) is 5. The van der Waals surface area contributed by atoms with Gasteiger partial charge in [0.05, 0.1) is 12.8 Å². The van der Waals surface area contributed by atoms with Crippen molar-refractivity contribution in [2.24, 2.45) is 0 Å². The normalized spacial score (nSPS) is 16.9. The summed E-state index contributed by atoms with van der Waals surface area (Å²) in [5.41, 5.74) is 5.04. The minimum Gasteiger partial charge on any atom is -0.481 e. The Morgan fingerprint density at radius 1 is 1.14 bits per heavy atom. The number of benzene rings is 1. The fourth-order valence-electron chi connectivity index (χ4n) is 3.28. The highest BCUT2D eigenvalue weighted by atomic mass is 16.5. The van der Waals surface area contributed by atoms with E-state index in [4.69, 9.17) is 9.72 Å². The van der Waals surface area contributed by atoms with Crippen LogP contribution >= 0.6 is 0 Å². The van der Waals surface area contributed by atoms with Crippen molar-refractivity contribution >= 4 is 5.95 Å². The van der Waals surface area contributed by atoms with E-state index in [0.717, 1.165) is 56.2 Å². The molecule has 1 aromatic carbocycles. The average molecular weight is 296 g/mol. The molecule has 2 aliphatic heterocycles. The van der Waals surface area contributed by atoms with Crippen molar-refractivity contribution in [1.29, 1.82) is 0 Å². The Bertz CT molecular complexity index is 684. The Morgan fingerprint density at radius 2 is 2.00 bits per heavy atom. The summed E-state index contributed by atoms with van der Waals surface area (Å²) in [5.74, 6) is 1.51. The highest BCUT2D eigenvalue weighted by Crippen LogP contribution is 2.27. The zero-order valence-electron chi connectivity index (χ0n) is 12.8. The first-order valence-electron chi connectivity index (χ1n) is 7.81. The number of aromatic nitrogens is 2. The lowest BCUT2D eigenvalue weighted by Crippen LogP contribution is -2.33. The van der Waals surface area contributed by atoms with Gasteiger partial charge in [0.2, 0.25) is 11.8 Å². The molecule has 0 amide bonds. The Morgan fingerprint density at radius 3 is 2.86 bits per heavy atom. The molecule has 0 spiro atoms. The molecule has 0 bridgehead atoms. The number of anilines is 1. The predicted octanol–water partition coefficient (Wildman–Crippen LogP) is 1.69. The standard InChI is InChI=1S/C17H20N4O/c1-22-16-14-10-18-8-6-15(14)19-17(20-16)21-9-7-12-4-2-3-5-13(12)11-21/h2-5,18H,6-11H2,1H3. The summed E-state index contributed by atoms with van der Waals surface area (Å²) >= 11 is 0. The quantitative estimate of drug-likeness (QED) is 0.914. The molecule has 114 valence electrons.